The Bertz CT molecular complexity index is 637. The number of aromatic nitrogens is 1. The molecule has 0 aliphatic carbocycles. The first-order chi connectivity index (χ1) is 11.2. The molecule has 0 unspecified atom stereocenters. The van der Waals surface area contributed by atoms with Crippen LogP contribution in [0.25, 0.3) is 0 Å². The molecule has 0 saturated heterocycles. The summed E-state index contributed by atoms with van der Waals surface area (Å²) in [5.74, 6) is 2.41. The van der Waals surface area contributed by atoms with Crippen LogP contribution in [0.5, 0.6) is 5.88 Å². The van der Waals surface area contributed by atoms with Gasteiger partial charge in [0.2, 0.25) is 5.88 Å². The Morgan fingerprint density at radius 2 is 2.13 bits per heavy atom. The van der Waals surface area contributed by atoms with E-state index < -0.39 is 0 Å². The van der Waals surface area contributed by atoms with Crippen LogP contribution in [0.1, 0.15) is 5.56 Å². The van der Waals surface area contributed by atoms with Gasteiger partial charge in [-0.2, -0.15) is 11.8 Å². The number of rotatable bonds is 7. The smallest absolute Gasteiger partial charge is 0.213 e. The van der Waals surface area contributed by atoms with Crippen molar-refractivity contribution in [3.05, 3.63) is 53.2 Å². The van der Waals surface area contributed by atoms with Crippen LogP contribution in [-0.2, 0) is 5.75 Å². The zero-order chi connectivity index (χ0) is 16.5. The Morgan fingerprint density at radius 1 is 1.30 bits per heavy atom. The van der Waals surface area contributed by atoms with E-state index in [-0.39, 0.29) is 0 Å². The second-order valence-corrected chi connectivity index (χ2v) is 6.53. The molecule has 0 spiro atoms. The molecule has 1 heterocycles. The van der Waals surface area contributed by atoms with Crippen LogP contribution >= 0.6 is 35.6 Å². The molecule has 0 bridgehead atoms. The van der Waals surface area contributed by atoms with Gasteiger partial charge in [0.05, 0.1) is 19.0 Å². The number of nitrogens with one attached hydrogen (secondary N) is 2. The summed E-state index contributed by atoms with van der Waals surface area (Å²) in [6.45, 7) is 0.782. The molecule has 0 atom stereocenters. The van der Waals surface area contributed by atoms with E-state index in [2.05, 4.69) is 15.6 Å². The second kappa shape index (κ2) is 9.60. The van der Waals surface area contributed by atoms with Crippen molar-refractivity contribution < 1.29 is 4.74 Å². The number of pyridine rings is 1. The van der Waals surface area contributed by atoms with Crippen molar-refractivity contribution in [2.75, 3.05) is 24.7 Å². The quantitative estimate of drug-likeness (QED) is 0.570. The Morgan fingerprint density at radius 3 is 2.83 bits per heavy atom. The molecular formula is C16H18ClN3OS2. The van der Waals surface area contributed by atoms with E-state index in [1.165, 1.54) is 0 Å². The molecule has 1 aromatic heterocycles. The highest BCUT2D eigenvalue weighted by molar-refractivity contribution is 7.98. The van der Waals surface area contributed by atoms with Crippen LogP contribution in [0.4, 0.5) is 5.69 Å². The Kier molecular flexibility index (Phi) is 7.45. The van der Waals surface area contributed by atoms with E-state index >= 15 is 0 Å². The van der Waals surface area contributed by atoms with Crippen molar-refractivity contribution in [2.45, 2.75) is 5.75 Å². The number of hydrogen-bond donors (Lipinski definition) is 2. The van der Waals surface area contributed by atoms with E-state index in [9.17, 15) is 0 Å². The Hall–Kier alpha value is -1.50. The molecule has 0 aliphatic rings. The number of halogens is 1. The number of methoxy groups -OCH3 is 1. The monoisotopic (exact) mass is 367 g/mol. The van der Waals surface area contributed by atoms with Gasteiger partial charge >= 0.3 is 0 Å². The van der Waals surface area contributed by atoms with Gasteiger partial charge in [0, 0.05) is 29.1 Å². The molecule has 2 rings (SSSR count). The molecule has 0 amide bonds. The van der Waals surface area contributed by atoms with Gasteiger partial charge in [0.1, 0.15) is 0 Å². The van der Waals surface area contributed by atoms with Crippen molar-refractivity contribution in [1.29, 1.82) is 0 Å². The third kappa shape index (κ3) is 6.25. The molecule has 122 valence electrons. The minimum absolute atomic E-state index is 0.574. The fourth-order valence-corrected chi connectivity index (χ4v) is 3.15. The third-order valence-corrected chi connectivity index (χ3v) is 4.57. The maximum absolute atomic E-state index is 6.12. The lowest BCUT2D eigenvalue weighted by molar-refractivity contribution is 0.398. The highest BCUT2D eigenvalue weighted by Crippen LogP contribution is 2.20. The van der Waals surface area contributed by atoms with Gasteiger partial charge in [-0.25, -0.2) is 4.98 Å². The summed E-state index contributed by atoms with van der Waals surface area (Å²) in [7, 11) is 1.59. The lowest BCUT2D eigenvalue weighted by Crippen LogP contribution is -2.30. The van der Waals surface area contributed by atoms with Crippen molar-refractivity contribution in [1.82, 2.24) is 10.3 Å². The Labute approximate surface area is 151 Å². The number of thiocarbonyl (C=S) groups is 1. The predicted octanol–water partition coefficient (Wildman–Crippen LogP) is 3.96. The number of benzene rings is 1. The molecule has 7 heteroatoms. The first-order valence-corrected chi connectivity index (χ1v) is 8.99. The summed E-state index contributed by atoms with van der Waals surface area (Å²) in [4.78, 5) is 4.11. The van der Waals surface area contributed by atoms with E-state index in [0.29, 0.717) is 11.0 Å². The highest BCUT2D eigenvalue weighted by atomic mass is 35.5. The summed E-state index contributed by atoms with van der Waals surface area (Å²) in [5, 5.41) is 7.65. The number of thioether (sulfide) groups is 1. The molecule has 2 aromatic rings. The van der Waals surface area contributed by atoms with Crippen molar-refractivity contribution in [3.63, 3.8) is 0 Å². The largest absolute Gasteiger partial charge is 0.481 e. The number of hydrogen-bond acceptors (Lipinski definition) is 4. The van der Waals surface area contributed by atoms with Crippen LogP contribution in [0.15, 0.2) is 42.6 Å². The fraction of sp³-hybridized carbons (Fsp3) is 0.250. The first-order valence-electron chi connectivity index (χ1n) is 7.05. The maximum Gasteiger partial charge on any atom is 0.213 e. The molecule has 1 aromatic carbocycles. The number of nitrogens with zero attached hydrogens (tertiary/aromatic N) is 1. The van der Waals surface area contributed by atoms with Crippen molar-refractivity contribution in [3.8, 4) is 5.88 Å². The van der Waals surface area contributed by atoms with Crippen molar-refractivity contribution >= 4 is 46.4 Å². The normalized spacial score (nSPS) is 10.2. The van der Waals surface area contributed by atoms with Gasteiger partial charge < -0.3 is 15.4 Å². The zero-order valence-electron chi connectivity index (χ0n) is 12.7. The molecule has 0 aliphatic heterocycles. The van der Waals surface area contributed by atoms with Crippen LogP contribution in [0.2, 0.25) is 5.02 Å². The molecule has 4 nitrogen and oxygen atoms in total. The number of ether oxygens (including phenoxy) is 1. The van der Waals surface area contributed by atoms with Gasteiger partial charge in [-0.3, -0.25) is 0 Å². The lowest BCUT2D eigenvalue weighted by atomic mass is 10.2. The SMILES string of the molecule is COc1ccc(NC(=S)NCCSCc2ccccc2Cl)cn1. The molecular weight excluding hydrogens is 350 g/mol. The van der Waals surface area contributed by atoms with Gasteiger partial charge in [-0.05, 0) is 29.9 Å². The molecule has 0 fully saturated rings. The summed E-state index contributed by atoms with van der Waals surface area (Å²) >= 11 is 13.2. The van der Waals surface area contributed by atoms with Gasteiger partial charge in [0.25, 0.3) is 0 Å². The zero-order valence-corrected chi connectivity index (χ0v) is 15.1. The minimum Gasteiger partial charge on any atom is -0.481 e. The summed E-state index contributed by atoms with van der Waals surface area (Å²) in [6, 6.07) is 11.6. The third-order valence-electron chi connectivity index (χ3n) is 2.95. The lowest BCUT2D eigenvalue weighted by Gasteiger charge is -2.10. The van der Waals surface area contributed by atoms with Crippen LogP contribution in [-0.4, -0.2) is 29.5 Å². The van der Waals surface area contributed by atoms with E-state index in [4.69, 9.17) is 28.6 Å². The molecule has 0 radical (unpaired) electrons. The summed E-state index contributed by atoms with van der Waals surface area (Å²) in [6.07, 6.45) is 1.68. The molecule has 0 saturated carbocycles. The predicted molar refractivity (Wildman–Crippen MR) is 103 cm³/mol. The van der Waals surface area contributed by atoms with Crippen molar-refractivity contribution in [2.24, 2.45) is 0 Å². The van der Waals surface area contributed by atoms with E-state index in [1.807, 2.05) is 42.1 Å². The second-order valence-electron chi connectivity index (χ2n) is 4.61. The van der Waals surface area contributed by atoms with Gasteiger partial charge in [-0.15, -0.1) is 0 Å². The molecule has 23 heavy (non-hydrogen) atoms. The van der Waals surface area contributed by atoms with Gasteiger partial charge in [0.15, 0.2) is 5.11 Å². The summed E-state index contributed by atoms with van der Waals surface area (Å²) in [5.41, 5.74) is 1.98. The number of anilines is 1. The Balaban J connectivity index is 1.64. The van der Waals surface area contributed by atoms with Crippen LogP contribution in [0, 0.1) is 0 Å². The minimum atomic E-state index is 0.574. The first kappa shape index (κ1) is 17.8. The van der Waals surface area contributed by atoms with E-state index in [0.717, 1.165) is 34.3 Å². The summed E-state index contributed by atoms with van der Waals surface area (Å²) < 4.78 is 5.01. The average Bonchev–Trinajstić information content (AvgIpc) is 2.57. The van der Waals surface area contributed by atoms with E-state index in [1.54, 1.807) is 19.4 Å². The fourth-order valence-electron chi connectivity index (χ4n) is 1.78. The van der Waals surface area contributed by atoms with Crippen LogP contribution in [0.3, 0.4) is 0 Å². The standard InChI is InChI=1S/C16H18ClN3OS2/c1-21-15-7-6-13(10-19-15)20-16(22)18-8-9-23-11-12-4-2-3-5-14(12)17/h2-7,10H,8-9,11H2,1H3,(H2,18,20,22). The molecule has 2 N–H and O–H groups in total. The van der Waals surface area contributed by atoms with Crippen LogP contribution < -0.4 is 15.4 Å². The average molecular weight is 368 g/mol. The highest BCUT2D eigenvalue weighted by Gasteiger charge is 2.01. The maximum atomic E-state index is 6.12. The topological polar surface area (TPSA) is 46.2 Å². The van der Waals surface area contributed by atoms with Gasteiger partial charge in [-0.1, -0.05) is 29.8 Å².